The Morgan fingerprint density at radius 1 is 0.978 bits per heavy atom. The van der Waals surface area contributed by atoms with Gasteiger partial charge in [-0.3, -0.25) is 9.59 Å². The van der Waals surface area contributed by atoms with Crippen LogP contribution in [-0.2, 0) is 20.7 Å². The highest BCUT2D eigenvalue weighted by molar-refractivity contribution is 5.92. The molecule has 45 heavy (non-hydrogen) atoms. The van der Waals surface area contributed by atoms with Gasteiger partial charge >= 0.3 is 6.09 Å². The second kappa shape index (κ2) is 13.1. The molecular formula is C35H48N4O6. The van der Waals surface area contributed by atoms with Crippen LogP contribution in [0.4, 0.5) is 4.79 Å². The van der Waals surface area contributed by atoms with E-state index >= 15 is 0 Å². The van der Waals surface area contributed by atoms with E-state index in [4.69, 9.17) is 24.2 Å². The van der Waals surface area contributed by atoms with Crippen LogP contribution in [0.5, 0.6) is 11.6 Å². The fraction of sp³-hybridized carbons (Fsp3) is 0.686. The standard InChI is InChI=1S/C35H48N4O6/c1-21-29-20-39(30(21)22(2)40)33(41)31(35(3)17-8-9-18-35)38-34(42)45-28-14-10-12-23(28)11-6-5-7-13-26-32(44-29)37-27-19-24(43-4)15-16-25(27)36-26/h15-16,19,21,23,28-31H,5-14,17-18,20H2,1-4H3,(H,38,42)/t21-,23-,28-,29+,30+,31-/m1/s1. The molecule has 0 radical (unpaired) electrons. The number of hydrogen-bond acceptors (Lipinski definition) is 8. The van der Waals surface area contributed by atoms with Crippen LogP contribution in [0.25, 0.3) is 11.0 Å². The minimum Gasteiger partial charge on any atom is -0.497 e. The summed E-state index contributed by atoms with van der Waals surface area (Å²) in [5, 5.41) is 3.03. The predicted molar refractivity (Wildman–Crippen MR) is 169 cm³/mol. The van der Waals surface area contributed by atoms with Crippen molar-refractivity contribution in [1.82, 2.24) is 20.2 Å². The Balaban J connectivity index is 1.37. The Morgan fingerprint density at radius 2 is 1.76 bits per heavy atom. The van der Waals surface area contributed by atoms with E-state index in [0.29, 0.717) is 29.5 Å². The number of carbonyl (C=O) groups excluding carboxylic acids is 3. The first-order chi connectivity index (χ1) is 21.7. The van der Waals surface area contributed by atoms with Crippen LogP contribution in [0.1, 0.15) is 97.1 Å². The van der Waals surface area contributed by atoms with Crippen LogP contribution in [0.2, 0.25) is 0 Å². The second-order valence-corrected chi connectivity index (χ2v) is 14.1. The van der Waals surface area contributed by atoms with Crippen LogP contribution in [0.3, 0.4) is 0 Å². The number of amides is 2. The first-order valence-electron chi connectivity index (χ1n) is 17.0. The zero-order valence-corrected chi connectivity index (χ0v) is 27.2. The number of Topliss-reactive ketones (excluding diaryl/α,β-unsaturated/α-hetero) is 1. The largest absolute Gasteiger partial charge is 0.497 e. The van der Waals surface area contributed by atoms with Crippen molar-refractivity contribution in [2.45, 2.75) is 122 Å². The summed E-state index contributed by atoms with van der Waals surface area (Å²) in [6.45, 7) is 5.78. The Morgan fingerprint density at radius 3 is 2.51 bits per heavy atom. The Kier molecular flexibility index (Phi) is 9.20. The van der Waals surface area contributed by atoms with Gasteiger partial charge in [0.2, 0.25) is 11.8 Å². The molecule has 1 N–H and O–H groups in total. The molecule has 3 fully saturated rings. The minimum atomic E-state index is -0.789. The maximum absolute atomic E-state index is 14.5. The van der Waals surface area contributed by atoms with Gasteiger partial charge in [0.15, 0.2) is 5.78 Å². The van der Waals surface area contributed by atoms with Gasteiger partial charge in [0, 0.05) is 12.0 Å². The van der Waals surface area contributed by atoms with E-state index in [9.17, 15) is 14.4 Å². The Bertz CT molecular complexity index is 1420. The molecule has 1 saturated heterocycles. The Labute approximate surface area is 266 Å². The monoisotopic (exact) mass is 620 g/mol. The summed E-state index contributed by atoms with van der Waals surface area (Å²) < 4.78 is 18.1. The molecule has 2 bridgehead atoms. The van der Waals surface area contributed by atoms with Gasteiger partial charge in [-0.1, -0.05) is 39.5 Å². The Hall–Kier alpha value is -3.43. The lowest BCUT2D eigenvalue weighted by Crippen LogP contribution is -2.58. The average molecular weight is 621 g/mol. The number of aryl methyl sites for hydroxylation is 1. The van der Waals surface area contributed by atoms with E-state index < -0.39 is 29.7 Å². The fourth-order valence-corrected chi connectivity index (χ4v) is 8.33. The van der Waals surface area contributed by atoms with E-state index in [2.05, 4.69) is 12.2 Å². The molecule has 4 aliphatic rings. The molecule has 10 nitrogen and oxygen atoms in total. The molecule has 2 saturated carbocycles. The summed E-state index contributed by atoms with van der Waals surface area (Å²) >= 11 is 0. The van der Waals surface area contributed by atoms with Crippen molar-refractivity contribution in [3.63, 3.8) is 0 Å². The summed E-state index contributed by atoms with van der Waals surface area (Å²) in [5.41, 5.74) is 1.80. The van der Waals surface area contributed by atoms with Gasteiger partial charge in [-0.25, -0.2) is 14.8 Å². The van der Waals surface area contributed by atoms with Gasteiger partial charge in [-0.15, -0.1) is 0 Å². The minimum absolute atomic E-state index is 0.103. The molecule has 2 amide bonds. The van der Waals surface area contributed by atoms with Gasteiger partial charge in [0.1, 0.15) is 29.7 Å². The number of aromatic nitrogens is 2. The summed E-state index contributed by atoms with van der Waals surface area (Å²) in [7, 11) is 1.62. The van der Waals surface area contributed by atoms with Gasteiger partial charge in [0.05, 0.1) is 30.7 Å². The van der Waals surface area contributed by atoms with Gasteiger partial charge < -0.3 is 24.4 Å². The van der Waals surface area contributed by atoms with E-state index in [-0.39, 0.29) is 30.3 Å². The molecule has 0 spiro atoms. The quantitative estimate of drug-likeness (QED) is 0.459. The number of ether oxygens (including phenoxy) is 3. The van der Waals surface area contributed by atoms with Gasteiger partial charge in [-0.05, 0) is 81.8 Å². The van der Waals surface area contributed by atoms with Crippen molar-refractivity contribution in [3.05, 3.63) is 23.9 Å². The maximum atomic E-state index is 14.5. The summed E-state index contributed by atoms with van der Waals surface area (Å²) in [6.07, 6.45) is 10.1. The van der Waals surface area contributed by atoms with Crippen molar-refractivity contribution >= 4 is 28.8 Å². The topological polar surface area (TPSA) is 120 Å². The third-order valence-electron chi connectivity index (χ3n) is 11.0. The number of nitrogens with zero attached hydrogens (tertiary/aromatic N) is 3. The number of alkyl carbamates (subject to hydrolysis) is 1. The summed E-state index contributed by atoms with van der Waals surface area (Å²) in [6, 6.07) is 4.18. The molecule has 6 rings (SSSR count). The smallest absolute Gasteiger partial charge is 0.408 e. The number of nitrogens with one attached hydrogen (secondary N) is 1. The number of rotatable bonds is 3. The molecule has 2 aliphatic carbocycles. The predicted octanol–water partition coefficient (Wildman–Crippen LogP) is 5.78. The van der Waals surface area contributed by atoms with E-state index in [1.165, 1.54) is 6.92 Å². The molecule has 2 aliphatic heterocycles. The molecule has 0 unspecified atom stereocenters. The van der Waals surface area contributed by atoms with Crippen molar-refractivity contribution in [1.29, 1.82) is 0 Å². The van der Waals surface area contributed by atoms with Crippen LogP contribution >= 0.6 is 0 Å². The second-order valence-electron chi connectivity index (χ2n) is 14.1. The van der Waals surface area contributed by atoms with Crippen LogP contribution in [0, 0.1) is 17.3 Å². The van der Waals surface area contributed by atoms with Crippen molar-refractivity contribution < 1.29 is 28.6 Å². The highest BCUT2D eigenvalue weighted by atomic mass is 16.6. The van der Waals surface area contributed by atoms with Crippen LogP contribution in [0.15, 0.2) is 18.2 Å². The normalized spacial score (nSPS) is 30.8. The zero-order valence-electron chi connectivity index (χ0n) is 27.2. The zero-order chi connectivity index (χ0) is 31.7. The SMILES string of the molecule is COc1ccc2nc3c(nc2c1)O[C@H]1CN(C(=O)[C@H](C2(C)CCCC2)NC(=O)O[C@@H]2CCC[C@H]2CCCCC3)[C@H](C(C)=O)[C@@H]1C. The van der Waals surface area contributed by atoms with Gasteiger partial charge in [0.25, 0.3) is 0 Å². The lowest BCUT2D eigenvalue weighted by atomic mass is 9.79. The van der Waals surface area contributed by atoms with Crippen molar-refractivity contribution in [2.24, 2.45) is 17.3 Å². The number of ketones is 1. The molecular weight excluding hydrogens is 572 g/mol. The molecule has 6 atom stereocenters. The average Bonchev–Trinajstić information content (AvgIpc) is 3.74. The lowest BCUT2D eigenvalue weighted by molar-refractivity contribution is -0.142. The van der Waals surface area contributed by atoms with Crippen LogP contribution < -0.4 is 14.8 Å². The number of hydrogen-bond donors (Lipinski definition) is 1. The number of fused-ring (bicyclic) bond motifs is 5. The third-order valence-corrected chi connectivity index (χ3v) is 11.0. The van der Waals surface area contributed by atoms with Crippen molar-refractivity contribution in [3.8, 4) is 11.6 Å². The first-order valence-corrected chi connectivity index (χ1v) is 17.0. The van der Waals surface area contributed by atoms with Crippen molar-refractivity contribution in [2.75, 3.05) is 13.7 Å². The van der Waals surface area contributed by atoms with E-state index in [0.717, 1.165) is 81.8 Å². The van der Waals surface area contributed by atoms with E-state index in [1.54, 1.807) is 12.0 Å². The summed E-state index contributed by atoms with van der Waals surface area (Å²) in [4.78, 5) is 52.6. The first kappa shape index (κ1) is 31.5. The third kappa shape index (κ3) is 6.47. The maximum Gasteiger partial charge on any atom is 0.408 e. The fourth-order valence-electron chi connectivity index (χ4n) is 8.33. The van der Waals surface area contributed by atoms with Crippen LogP contribution in [-0.4, -0.2) is 70.6 Å². The van der Waals surface area contributed by atoms with Gasteiger partial charge in [-0.2, -0.15) is 0 Å². The summed E-state index contributed by atoms with van der Waals surface area (Å²) in [5.74, 6) is 0.821. The molecule has 10 heteroatoms. The molecule has 1 aromatic carbocycles. The number of carbonyl (C=O) groups is 3. The molecule has 2 aromatic rings. The highest BCUT2D eigenvalue weighted by Crippen LogP contribution is 2.43. The molecule has 244 valence electrons. The number of benzene rings is 1. The molecule has 3 heterocycles. The molecule has 1 aromatic heterocycles. The number of methoxy groups -OCH3 is 1. The van der Waals surface area contributed by atoms with E-state index in [1.807, 2.05) is 25.1 Å². The lowest BCUT2D eigenvalue weighted by Gasteiger charge is -2.37. The highest BCUT2D eigenvalue weighted by Gasteiger charge is 2.51.